The summed E-state index contributed by atoms with van der Waals surface area (Å²) in [5.74, 6) is 4.81. The van der Waals surface area contributed by atoms with Crippen molar-refractivity contribution in [3.8, 4) is 0 Å². The van der Waals surface area contributed by atoms with Crippen LogP contribution >= 0.6 is 0 Å². The van der Waals surface area contributed by atoms with E-state index >= 15 is 0 Å². The highest BCUT2D eigenvalue weighted by atomic mass is 16.2. The van der Waals surface area contributed by atoms with Crippen LogP contribution in [0, 0.1) is 0 Å². The Kier molecular flexibility index (Phi) is 3.89. The third-order valence-electron chi connectivity index (χ3n) is 2.59. The molecule has 3 nitrogen and oxygen atoms in total. The lowest BCUT2D eigenvalue weighted by atomic mass is 9.97. The van der Waals surface area contributed by atoms with E-state index in [1.54, 1.807) is 0 Å². The first kappa shape index (κ1) is 12.1. The number of amides is 1. The van der Waals surface area contributed by atoms with Gasteiger partial charge in [0.1, 0.15) is 0 Å². The van der Waals surface area contributed by atoms with Crippen molar-refractivity contribution in [2.24, 2.45) is 5.84 Å². The summed E-state index contributed by atoms with van der Waals surface area (Å²) in [7, 11) is 0. The lowest BCUT2D eigenvalue weighted by Gasteiger charge is -2.08. The minimum absolute atomic E-state index is 0.322. The highest BCUT2D eigenvalue weighted by Crippen LogP contribution is 2.22. The summed E-state index contributed by atoms with van der Waals surface area (Å²) >= 11 is 0. The van der Waals surface area contributed by atoms with Crippen molar-refractivity contribution in [1.29, 1.82) is 0 Å². The van der Waals surface area contributed by atoms with Crippen LogP contribution in [0.15, 0.2) is 66.7 Å². The van der Waals surface area contributed by atoms with Gasteiger partial charge in [-0.25, -0.2) is 5.84 Å². The Morgan fingerprint density at radius 3 is 1.72 bits per heavy atom. The molecule has 0 radical (unpaired) electrons. The van der Waals surface area contributed by atoms with E-state index < -0.39 is 0 Å². The van der Waals surface area contributed by atoms with Crippen LogP contribution in [0.25, 0.3) is 5.57 Å². The van der Waals surface area contributed by atoms with Gasteiger partial charge in [-0.3, -0.25) is 10.2 Å². The molecule has 0 spiro atoms. The monoisotopic (exact) mass is 238 g/mol. The number of nitrogens with one attached hydrogen (secondary N) is 1. The van der Waals surface area contributed by atoms with Crippen molar-refractivity contribution < 1.29 is 4.79 Å². The average molecular weight is 238 g/mol. The van der Waals surface area contributed by atoms with Crippen LogP contribution in [0.5, 0.6) is 0 Å². The second-order valence-corrected chi connectivity index (χ2v) is 3.80. The zero-order valence-electron chi connectivity index (χ0n) is 9.84. The van der Waals surface area contributed by atoms with Gasteiger partial charge in [-0.2, -0.15) is 0 Å². The van der Waals surface area contributed by atoms with Crippen molar-refractivity contribution in [3.63, 3.8) is 0 Å². The number of hydrogen-bond acceptors (Lipinski definition) is 2. The van der Waals surface area contributed by atoms with Gasteiger partial charge in [0.25, 0.3) is 5.91 Å². The smallest absolute Gasteiger partial charge is 0.258 e. The first-order valence-corrected chi connectivity index (χ1v) is 5.64. The Morgan fingerprint density at radius 2 is 1.33 bits per heavy atom. The van der Waals surface area contributed by atoms with Gasteiger partial charge in [0.15, 0.2) is 0 Å². The number of carbonyl (C=O) groups excluding carboxylic acids is 1. The second kappa shape index (κ2) is 5.80. The van der Waals surface area contributed by atoms with E-state index in [9.17, 15) is 4.79 Å². The van der Waals surface area contributed by atoms with E-state index in [0.717, 1.165) is 16.7 Å². The molecule has 1 amide bonds. The molecule has 0 bridgehead atoms. The van der Waals surface area contributed by atoms with Gasteiger partial charge in [-0.15, -0.1) is 0 Å². The molecule has 2 aromatic rings. The molecule has 0 fully saturated rings. The van der Waals surface area contributed by atoms with Gasteiger partial charge in [0, 0.05) is 6.08 Å². The molecule has 0 aliphatic carbocycles. The van der Waals surface area contributed by atoms with Crippen LogP contribution in [-0.2, 0) is 4.79 Å². The zero-order valence-corrected chi connectivity index (χ0v) is 9.84. The van der Waals surface area contributed by atoms with Crippen molar-refractivity contribution in [3.05, 3.63) is 77.9 Å². The maximum Gasteiger partial charge on any atom is 0.258 e. The van der Waals surface area contributed by atoms with Gasteiger partial charge in [-0.05, 0) is 16.7 Å². The fourth-order valence-electron chi connectivity index (χ4n) is 1.74. The first-order chi connectivity index (χ1) is 8.81. The molecular formula is C15H14N2O. The van der Waals surface area contributed by atoms with Crippen LogP contribution < -0.4 is 11.3 Å². The predicted molar refractivity (Wildman–Crippen MR) is 72.3 cm³/mol. The van der Waals surface area contributed by atoms with Crippen LogP contribution in [-0.4, -0.2) is 5.91 Å². The number of nitrogens with two attached hydrogens (primary N) is 1. The predicted octanol–water partition coefficient (Wildman–Crippen LogP) is 2.11. The molecule has 0 unspecified atom stereocenters. The van der Waals surface area contributed by atoms with E-state index in [1.165, 1.54) is 6.08 Å². The van der Waals surface area contributed by atoms with E-state index in [2.05, 4.69) is 5.43 Å². The first-order valence-electron chi connectivity index (χ1n) is 5.64. The molecule has 2 rings (SSSR count). The summed E-state index contributed by atoms with van der Waals surface area (Å²) in [6, 6.07) is 19.5. The molecule has 90 valence electrons. The van der Waals surface area contributed by atoms with Crippen LogP contribution in [0.2, 0.25) is 0 Å². The summed E-state index contributed by atoms with van der Waals surface area (Å²) in [5.41, 5.74) is 4.92. The Balaban J connectivity index is 2.49. The molecule has 3 N–H and O–H groups in total. The summed E-state index contributed by atoms with van der Waals surface area (Å²) in [5, 5.41) is 0. The number of benzene rings is 2. The highest BCUT2D eigenvalue weighted by Gasteiger charge is 2.06. The zero-order chi connectivity index (χ0) is 12.8. The van der Waals surface area contributed by atoms with Crippen LogP contribution in [0.3, 0.4) is 0 Å². The summed E-state index contributed by atoms with van der Waals surface area (Å²) in [6.45, 7) is 0. The molecule has 3 heteroatoms. The van der Waals surface area contributed by atoms with Crippen LogP contribution in [0.1, 0.15) is 11.1 Å². The number of hydrazine groups is 1. The third kappa shape index (κ3) is 2.84. The fourth-order valence-corrected chi connectivity index (χ4v) is 1.74. The summed E-state index contributed by atoms with van der Waals surface area (Å²) < 4.78 is 0. The van der Waals surface area contributed by atoms with Gasteiger partial charge in [0.2, 0.25) is 0 Å². The number of hydrogen-bond donors (Lipinski definition) is 2. The van der Waals surface area contributed by atoms with Crippen molar-refractivity contribution >= 4 is 11.5 Å². The second-order valence-electron chi connectivity index (χ2n) is 3.80. The van der Waals surface area contributed by atoms with Crippen molar-refractivity contribution in [1.82, 2.24) is 5.43 Å². The fraction of sp³-hybridized carbons (Fsp3) is 0. The van der Waals surface area contributed by atoms with E-state index in [0.29, 0.717) is 0 Å². The van der Waals surface area contributed by atoms with Crippen molar-refractivity contribution in [2.75, 3.05) is 0 Å². The SMILES string of the molecule is NNC(=O)C=C(c1ccccc1)c1ccccc1. The molecule has 0 saturated heterocycles. The molecule has 18 heavy (non-hydrogen) atoms. The minimum Gasteiger partial charge on any atom is -0.291 e. The molecule has 2 aromatic carbocycles. The van der Waals surface area contributed by atoms with Gasteiger partial charge in [-0.1, -0.05) is 60.7 Å². The Labute approximate surface area is 106 Å². The summed E-state index contributed by atoms with van der Waals surface area (Å²) in [6.07, 6.45) is 1.50. The van der Waals surface area contributed by atoms with E-state index in [4.69, 9.17) is 5.84 Å². The van der Waals surface area contributed by atoms with E-state index in [-0.39, 0.29) is 5.91 Å². The molecule has 0 saturated carbocycles. The molecule has 0 heterocycles. The molecule has 0 aliphatic rings. The quantitative estimate of drug-likeness (QED) is 0.372. The lowest BCUT2D eigenvalue weighted by Crippen LogP contribution is -2.28. The Hall–Kier alpha value is -2.39. The lowest BCUT2D eigenvalue weighted by molar-refractivity contribution is -0.116. The Morgan fingerprint density at radius 1 is 0.889 bits per heavy atom. The van der Waals surface area contributed by atoms with Crippen LogP contribution in [0.4, 0.5) is 0 Å². The maximum absolute atomic E-state index is 11.5. The Bertz CT molecular complexity index is 506. The normalized spacial score (nSPS) is 9.61. The van der Waals surface area contributed by atoms with Gasteiger partial charge >= 0.3 is 0 Å². The maximum atomic E-state index is 11.5. The van der Waals surface area contributed by atoms with Gasteiger partial charge in [0.05, 0.1) is 0 Å². The largest absolute Gasteiger partial charge is 0.291 e. The third-order valence-corrected chi connectivity index (χ3v) is 2.59. The molecule has 0 aliphatic heterocycles. The molecule has 0 aromatic heterocycles. The van der Waals surface area contributed by atoms with E-state index in [1.807, 2.05) is 60.7 Å². The topological polar surface area (TPSA) is 55.1 Å². The standard InChI is InChI=1S/C15H14N2O/c16-17-15(18)11-14(12-7-3-1-4-8-12)13-9-5-2-6-10-13/h1-11H,16H2,(H,17,18). The molecular weight excluding hydrogens is 224 g/mol. The number of carbonyl (C=O) groups is 1. The number of rotatable bonds is 3. The average Bonchev–Trinajstić information content (AvgIpc) is 2.46. The van der Waals surface area contributed by atoms with Crippen molar-refractivity contribution in [2.45, 2.75) is 0 Å². The summed E-state index contributed by atoms with van der Waals surface area (Å²) in [4.78, 5) is 11.5. The van der Waals surface area contributed by atoms with Gasteiger partial charge < -0.3 is 0 Å². The molecule has 0 atom stereocenters. The highest BCUT2D eigenvalue weighted by molar-refractivity contribution is 5.98. The minimum atomic E-state index is -0.322.